The van der Waals surface area contributed by atoms with Crippen molar-refractivity contribution in [1.82, 2.24) is 25.3 Å². The van der Waals surface area contributed by atoms with E-state index in [1.54, 1.807) is 24.5 Å². The van der Waals surface area contributed by atoms with Gasteiger partial charge in [-0.1, -0.05) is 5.16 Å². The lowest BCUT2D eigenvalue weighted by atomic mass is 10.3. The Kier molecular flexibility index (Phi) is 1.96. The Morgan fingerprint density at radius 3 is 2.75 bits per heavy atom. The largest absolute Gasteiger partial charge is 0.364 e. The molecule has 3 heterocycles. The van der Waals surface area contributed by atoms with Gasteiger partial charge in [-0.05, 0) is 12.1 Å². The smallest absolute Gasteiger partial charge is 0.177 e. The topological polar surface area (TPSA) is 80.5 Å². The van der Waals surface area contributed by atoms with Gasteiger partial charge in [0, 0.05) is 18.5 Å². The average molecular weight is 213 g/mol. The van der Waals surface area contributed by atoms with Crippen LogP contribution in [0.15, 0.2) is 41.4 Å². The Balaban J connectivity index is 2.00. The van der Waals surface area contributed by atoms with Gasteiger partial charge >= 0.3 is 0 Å². The van der Waals surface area contributed by atoms with E-state index in [1.165, 1.54) is 6.26 Å². The molecule has 0 saturated carbocycles. The van der Waals surface area contributed by atoms with Gasteiger partial charge in [-0.3, -0.25) is 5.10 Å². The van der Waals surface area contributed by atoms with E-state index in [2.05, 4.69) is 25.3 Å². The third kappa shape index (κ3) is 1.46. The number of nitrogens with zero attached hydrogens (tertiary/aromatic N) is 4. The third-order valence-electron chi connectivity index (χ3n) is 2.08. The SMILES string of the molecule is c1cnc(-c2cc(-c3ccon3)n[nH]2)nc1. The zero-order valence-corrected chi connectivity index (χ0v) is 8.16. The van der Waals surface area contributed by atoms with Gasteiger partial charge in [-0.25, -0.2) is 9.97 Å². The standard InChI is InChI=1S/C10H7N5O/c1-3-11-10(12-4-1)9-6-8(13-14-9)7-2-5-16-15-7/h1-6H,(H,13,14). The lowest BCUT2D eigenvalue weighted by Gasteiger charge is -1.91. The summed E-state index contributed by atoms with van der Waals surface area (Å²) in [5.41, 5.74) is 2.13. The summed E-state index contributed by atoms with van der Waals surface area (Å²) >= 11 is 0. The number of hydrogen-bond acceptors (Lipinski definition) is 5. The quantitative estimate of drug-likeness (QED) is 0.698. The van der Waals surface area contributed by atoms with Crippen molar-refractivity contribution < 1.29 is 4.52 Å². The second-order valence-corrected chi connectivity index (χ2v) is 3.12. The second-order valence-electron chi connectivity index (χ2n) is 3.12. The van der Waals surface area contributed by atoms with Crippen LogP contribution in [0.3, 0.4) is 0 Å². The summed E-state index contributed by atoms with van der Waals surface area (Å²) in [4.78, 5) is 8.23. The molecule has 0 spiro atoms. The Morgan fingerprint density at radius 1 is 1.12 bits per heavy atom. The van der Waals surface area contributed by atoms with Gasteiger partial charge in [0.2, 0.25) is 0 Å². The lowest BCUT2D eigenvalue weighted by Crippen LogP contribution is -1.85. The first-order valence-corrected chi connectivity index (χ1v) is 4.67. The molecule has 3 aromatic heterocycles. The van der Waals surface area contributed by atoms with Crippen molar-refractivity contribution >= 4 is 0 Å². The number of rotatable bonds is 2. The van der Waals surface area contributed by atoms with E-state index in [-0.39, 0.29) is 0 Å². The second kappa shape index (κ2) is 3.58. The van der Waals surface area contributed by atoms with Crippen molar-refractivity contribution in [1.29, 1.82) is 0 Å². The molecule has 0 unspecified atom stereocenters. The molecule has 0 aliphatic rings. The number of aromatic amines is 1. The fourth-order valence-corrected chi connectivity index (χ4v) is 1.35. The number of H-pyrrole nitrogens is 1. The highest BCUT2D eigenvalue weighted by molar-refractivity contribution is 5.61. The third-order valence-corrected chi connectivity index (χ3v) is 2.08. The molecule has 1 N–H and O–H groups in total. The van der Waals surface area contributed by atoms with Crippen LogP contribution in [0.5, 0.6) is 0 Å². The average Bonchev–Trinajstić information content (AvgIpc) is 3.01. The summed E-state index contributed by atoms with van der Waals surface area (Å²) in [5.74, 6) is 0.602. The molecular formula is C10H7N5O. The molecule has 6 heteroatoms. The highest BCUT2D eigenvalue weighted by Crippen LogP contribution is 2.19. The molecule has 78 valence electrons. The number of hydrogen-bond donors (Lipinski definition) is 1. The number of nitrogens with one attached hydrogen (secondary N) is 1. The Hall–Kier alpha value is -2.50. The van der Waals surface area contributed by atoms with Crippen LogP contribution in [0, 0.1) is 0 Å². The number of aromatic nitrogens is 5. The summed E-state index contributed by atoms with van der Waals surface area (Å²) in [7, 11) is 0. The molecule has 3 aromatic rings. The van der Waals surface area contributed by atoms with Crippen molar-refractivity contribution in [3.8, 4) is 22.9 Å². The van der Waals surface area contributed by atoms with Crippen LogP contribution in [0.4, 0.5) is 0 Å². The maximum absolute atomic E-state index is 4.75. The predicted molar refractivity (Wildman–Crippen MR) is 55.1 cm³/mol. The van der Waals surface area contributed by atoms with Crippen molar-refractivity contribution in [3.05, 3.63) is 36.9 Å². The highest BCUT2D eigenvalue weighted by Gasteiger charge is 2.08. The minimum atomic E-state index is 0.602. The minimum absolute atomic E-state index is 0.602. The van der Waals surface area contributed by atoms with Gasteiger partial charge in [-0.2, -0.15) is 5.10 Å². The maximum atomic E-state index is 4.75. The van der Waals surface area contributed by atoms with Crippen LogP contribution >= 0.6 is 0 Å². The van der Waals surface area contributed by atoms with Gasteiger partial charge < -0.3 is 4.52 Å². The van der Waals surface area contributed by atoms with E-state index in [0.717, 1.165) is 5.69 Å². The van der Waals surface area contributed by atoms with E-state index in [0.29, 0.717) is 17.2 Å². The molecule has 0 bridgehead atoms. The van der Waals surface area contributed by atoms with Gasteiger partial charge in [0.25, 0.3) is 0 Å². The fraction of sp³-hybridized carbons (Fsp3) is 0. The Morgan fingerprint density at radius 2 is 2.00 bits per heavy atom. The molecule has 0 atom stereocenters. The summed E-state index contributed by atoms with van der Waals surface area (Å²) < 4.78 is 4.75. The Bertz CT molecular complexity index is 572. The van der Waals surface area contributed by atoms with Gasteiger partial charge in [0.05, 0.1) is 0 Å². The van der Waals surface area contributed by atoms with E-state index in [9.17, 15) is 0 Å². The lowest BCUT2D eigenvalue weighted by molar-refractivity contribution is 0.422. The van der Waals surface area contributed by atoms with Crippen molar-refractivity contribution in [3.63, 3.8) is 0 Å². The summed E-state index contributed by atoms with van der Waals surface area (Å²) in [6.07, 6.45) is 4.86. The highest BCUT2D eigenvalue weighted by atomic mass is 16.5. The van der Waals surface area contributed by atoms with Crippen LogP contribution in [-0.2, 0) is 0 Å². The first kappa shape index (κ1) is 8.78. The predicted octanol–water partition coefficient (Wildman–Crippen LogP) is 1.52. The van der Waals surface area contributed by atoms with Crippen molar-refractivity contribution in [2.45, 2.75) is 0 Å². The monoisotopic (exact) mass is 213 g/mol. The molecule has 0 fully saturated rings. The summed E-state index contributed by atoms with van der Waals surface area (Å²) in [6.45, 7) is 0. The maximum Gasteiger partial charge on any atom is 0.177 e. The zero-order valence-electron chi connectivity index (χ0n) is 8.16. The first-order valence-electron chi connectivity index (χ1n) is 4.67. The van der Waals surface area contributed by atoms with E-state index in [4.69, 9.17) is 4.52 Å². The van der Waals surface area contributed by atoms with Crippen LogP contribution in [0.1, 0.15) is 0 Å². The molecule has 0 aromatic carbocycles. The zero-order chi connectivity index (χ0) is 10.8. The van der Waals surface area contributed by atoms with Crippen molar-refractivity contribution in [2.24, 2.45) is 0 Å². The first-order chi connectivity index (χ1) is 7.93. The van der Waals surface area contributed by atoms with Crippen LogP contribution in [-0.4, -0.2) is 25.3 Å². The molecule has 0 aliphatic heterocycles. The molecule has 3 rings (SSSR count). The van der Waals surface area contributed by atoms with Crippen molar-refractivity contribution in [2.75, 3.05) is 0 Å². The minimum Gasteiger partial charge on any atom is -0.364 e. The van der Waals surface area contributed by atoms with E-state index >= 15 is 0 Å². The fourth-order valence-electron chi connectivity index (χ4n) is 1.35. The summed E-state index contributed by atoms with van der Waals surface area (Å²) in [6, 6.07) is 5.33. The van der Waals surface area contributed by atoms with Gasteiger partial charge in [0.15, 0.2) is 5.82 Å². The molecule has 0 saturated heterocycles. The molecule has 0 amide bonds. The van der Waals surface area contributed by atoms with E-state index < -0.39 is 0 Å². The van der Waals surface area contributed by atoms with Crippen LogP contribution in [0.2, 0.25) is 0 Å². The molecule has 0 radical (unpaired) electrons. The Labute approximate surface area is 90.3 Å². The van der Waals surface area contributed by atoms with Gasteiger partial charge in [-0.15, -0.1) is 0 Å². The molecule has 0 aliphatic carbocycles. The van der Waals surface area contributed by atoms with Crippen LogP contribution in [0.25, 0.3) is 22.9 Å². The summed E-state index contributed by atoms with van der Waals surface area (Å²) in [5, 5.41) is 10.8. The molecule has 6 nitrogen and oxygen atoms in total. The normalized spacial score (nSPS) is 10.5. The van der Waals surface area contributed by atoms with Crippen LogP contribution < -0.4 is 0 Å². The van der Waals surface area contributed by atoms with E-state index in [1.807, 2.05) is 6.07 Å². The molecular weight excluding hydrogens is 206 g/mol. The van der Waals surface area contributed by atoms with Gasteiger partial charge in [0.1, 0.15) is 23.3 Å². The molecule has 16 heavy (non-hydrogen) atoms.